The standard InChI is InChI=1S/C14H20BrN3O2/c15-12-7-17-13(18-8-12)9-16-6-5-10-1-3-11(4-2-10)14(19)20/h7-8,10-11,16H,1-6,9H2,(H,19,20)/t10-,11-. The molecule has 1 saturated carbocycles. The normalized spacial score (nSPS) is 22.6. The van der Waals surface area contributed by atoms with E-state index in [2.05, 4.69) is 31.2 Å². The van der Waals surface area contributed by atoms with Gasteiger partial charge in [0.25, 0.3) is 0 Å². The SMILES string of the molecule is O=C(O)[C@H]1CC[C@H](CCNCc2ncc(Br)cn2)CC1. The van der Waals surface area contributed by atoms with Gasteiger partial charge in [-0.3, -0.25) is 4.79 Å². The van der Waals surface area contributed by atoms with E-state index in [1.807, 2.05) is 0 Å². The van der Waals surface area contributed by atoms with Crippen molar-refractivity contribution in [1.82, 2.24) is 15.3 Å². The third-order valence-electron chi connectivity index (χ3n) is 3.88. The van der Waals surface area contributed by atoms with E-state index in [1.165, 1.54) is 0 Å². The van der Waals surface area contributed by atoms with Gasteiger partial charge in [0, 0.05) is 12.4 Å². The molecule has 0 saturated heterocycles. The molecule has 0 bridgehead atoms. The zero-order valence-corrected chi connectivity index (χ0v) is 13.0. The highest BCUT2D eigenvalue weighted by Crippen LogP contribution is 2.30. The highest BCUT2D eigenvalue weighted by molar-refractivity contribution is 9.10. The lowest BCUT2D eigenvalue weighted by molar-refractivity contribution is -0.143. The van der Waals surface area contributed by atoms with E-state index in [9.17, 15) is 4.79 Å². The minimum Gasteiger partial charge on any atom is -0.481 e. The summed E-state index contributed by atoms with van der Waals surface area (Å²) in [6.45, 7) is 1.61. The summed E-state index contributed by atoms with van der Waals surface area (Å²) >= 11 is 3.31. The van der Waals surface area contributed by atoms with Gasteiger partial charge in [0.2, 0.25) is 0 Å². The molecule has 6 heteroatoms. The van der Waals surface area contributed by atoms with Crippen molar-refractivity contribution in [2.45, 2.75) is 38.6 Å². The molecule has 1 aromatic heterocycles. The van der Waals surface area contributed by atoms with Gasteiger partial charge >= 0.3 is 5.97 Å². The molecule has 0 atom stereocenters. The summed E-state index contributed by atoms with van der Waals surface area (Å²) in [4.78, 5) is 19.3. The third kappa shape index (κ3) is 4.83. The van der Waals surface area contributed by atoms with Gasteiger partial charge in [-0.2, -0.15) is 0 Å². The fraction of sp³-hybridized carbons (Fsp3) is 0.643. The van der Waals surface area contributed by atoms with Crippen LogP contribution in [0.2, 0.25) is 0 Å². The number of nitrogens with zero attached hydrogens (tertiary/aromatic N) is 2. The molecule has 0 unspecified atom stereocenters. The molecular formula is C14H20BrN3O2. The monoisotopic (exact) mass is 341 g/mol. The Bertz CT molecular complexity index is 431. The molecule has 1 fully saturated rings. The minimum absolute atomic E-state index is 0.115. The number of nitrogens with one attached hydrogen (secondary N) is 1. The predicted octanol–water partition coefficient (Wildman–Crippen LogP) is 2.61. The van der Waals surface area contributed by atoms with Crippen molar-refractivity contribution in [3.63, 3.8) is 0 Å². The van der Waals surface area contributed by atoms with Gasteiger partial charge in [-0.1, -0.05) is 0 Å². The van der Waals surface area contributed by atoms with Crippen LogP contribution < -0.4 is 5.32 Å². The number of halogens is 1. The van der Waals surface area contributed by atoms with Crippen LogP contribution in [0.5, 0.6) is 0 Å². The average molecular weight is 342 g/mol. The van der Waals surface area contributed by atoms with Crippen molar-refractivity contribution in [1.29, 1.82) is 0 Å². The van der Waals surface area contributed by atoms with Crippen LogP contribution in [0.25, 0.3) is 0 Å². The van der Waals surface area contributed by atoms with Crippen LogP contribution in [0.15, 0.2) is 16.9 Å². The summed E-state index contributed by atoms with van der Waals surface area (Å²) in [7, 11) is 0. The summed E-state index contributed by atoms with van der Waals surface area (Å²) < 4.78 is 0.886. The van der Waals surface area contributed by atoms with Crippen LogP contribution >= 0.6 is 15.9 Å². The molecule has 0 aliphatic heterocycles. The van der Waals surface area contributed by atoms with E-state index in [0.29, 0.717) is 12.5 Å². The van der Waals surface area contributed by atoms with Gasteiger partial charge in [-0.05, 0) is 60.5 Å². The first-order chi connectivity index (χ1) is 9.65. The first-order valence-corrected chi connectivity index (χ1v) is 7.84. The average Bonchev–Trinajstić information content (AvgIpc) is 2.46. The molecule has 5 nitrogen and oxygen atoms in total. The number of hydrogen-bond donors (Lipinski definition) is 2. The number of carbonyl (C=O) groups is 1. The third-order valence-corrected chi connectivity index (χ3v) is 4.29. The highest BCUT2D eigenvalue weighted by atomic mass is 79.9. The lowest BCUT2D eigenvalue weighted by Gasteiger charge is -2.26. The summed E-state index contributed by atoms with van der Waals surface area (Å²) in [5.41, 5.74) is 0. The Labute approximate surface area is 127 Å². The van der Waals surface area contributed by atoms with Gasteiger partial charge in [-0.25, -0.2) is 9.97 Å². The Morgan fingerprint density at radius 2 is 1.95 bits per heavy atom. The summed E-state index contributed by atoms with van der Waals surface area (Å²) in [6, 6.07) is 0. The maximum Gasteiger partial charge on any atom is 0.306 e. The van der Waals surface area contributed by atoms with E-state index < -0.39 is 5.97 Å². The quantitative estimate of drug-likeness (QED) is 0.778. The van der Waals surface area contributed by atoms with E-state index >= 15 is 0 Å². The Morgan fingerprint density at radius 1 is 1.30 bits per heavy atom. The number of hydrogen-bond acceptors (Lipinski definition) is 4. The maximum absolute atomic E-state index is 10.9. The van der Waals surface area contributed by atoms with Crippen molar-refractivity contribution in [3.05, 3.63) is 22.7 Å². The van der Waals surface area contributed by atoms with Crippen molar-refractivity contribution >= 4 is 21.9 Å². The van der Waals surface area contributed by atoms with Crippen LogP contribution in [0.1, 0.15) is 37.9 Å². The number of carboxylic acid groups (broad SMARTS) is 1. The van der Waals surface area contributed by atoms with Crippen LogP contribution in [0, 0.1) is 11.8 Å². The van der Waals surface area contributed by atoms with Gasteiger partial charge < -0.3 is 10.4 Å². The number of rotatable bonds is 6. The predicted molar refractivity (Wildman–Crippen MR) is 79.1 cm³/mol. The summed E-state index contributed by atoms with van der Waals surface area (Å²) in [5.74, 6) is 0.705. The van der Waals surface area contributed by atoms with Crippen LogP contribution in [0.3, 0.4) is 0 Å². The first-order valence-electron chi connectivity index (χ1n) is 7.05. The molecule has 110 valence electrons. The smallest absolute Gasteiger partial charge is 0.306 e. The largest absolute Gasteiger partial charge is 0.481 e. The van der Waals surface area contributed by atoms with E-state index in [4.69, 9.17) is 5.11 Å². The number of aromatic nitrogens is 2. The summed E-state index contributed by atoms with van der Waals surface area (Å²) in [6.07, 6.45) is 8.32. The second kappa shape index (κ2) is 7.69. The maximum atomic E-state index is 10.9. The molecule has 0 spiro atoms. The van der Waals surface area contributed by atoms with Crippen molar-refractivity contribution in [3.8, 4) is 0 Å². The van der Waals surface area contributed by atoms with Gasteiger partial charge in [0.15, 0.2) is 0 Å². The fourth-order valence-corrected chi connectivity index (χ4v) is 2.84. The second-order valence-corrected chi connectivity index (χ2v) is 6.25. The lowest BCUT2D eigenvalue weighted by Crippen LogP contribution is -2.24. The molecular weight excluding hydrogens is 322 g/mol. The molecule has 1 aliphatic carbocycles. The van der Waals surface area contributed by atoms with Gasteiger partial charge in [0.1, 0.15) is 5.82 Å². The Kier molecular flexibility index (Phi) is 5.91. The molecule has 0 radical (unpaired) electrons. The molecule has 1 aromatic rings. The van der Waals surface area contributed by atoms with Crippen molar-refractivity contribution in [2.75, 3.05) is 6.54 Å². The van der Waals surface area contributed by atoms with Crippen LogP contribution in [-0.2, 0) is 11.3 Å². The molecule has 2 N–H and O–H groups in total. The first kappa shape index (κ1) is 15.4. The lowest BCUT2D eigenvalue weighted by atomic mass is 9.80. The number of carboxylic acids is 1. The van der Waals surface area contributed by atoms with Gasteiger partial charge in [-0.15, -0.1) is 0 Å². The fourth-order valence-electron chi connectivity index (χ4n) is 2.63. The molecule has 0 aromatic carbocycles. The van der Waals surface area contributed by atoms with Crippen LogP contribution in [0.4, 0.5) is 0 Å². The van der Waals surface area contributed by atoms with Crippen molar-refractivity contribution in [2.24, 2.45) is 11.8 Å². The Hall–Kier alpha value is -1.01. The number of aliphatic carboxylic acids is 1. The Morgan fingerprint density at radius 3 is 2.55 bits per heavy atom. The van der Waals surface area contributed by atoms with E-state index in [-0.39, 0.29) is 5.92 Å². The second-order valence-electron chi connectivity index (χ2n) is 5.34. The Balaban J connectivity index is 1.60. The minimum atomic E-state index is -0.631. The zero-order valence-electron chi connectivity index (χ0n) is 11.4. The van der Waals surface area contributed by atoms with Crippen molar-refractivity contribution < 1.29 is 9.90 Å². The van der Waals surface area contributed by atoms with Gasteiger partial charge in [0.05, 0.1) is 16.9 Å². The molecule has 0 amide bonds. The molecule has 1 aliphatic rings. The molecule has 2 rings (SSSR count). The van der Waals surface area contributed by atoms with E-state index in [0.717, 1.165) is 48.9 Å². The highest BCUT2D eigenvalue weighted by Gasteiger charge is 2.25. The topological polar surface area (TPSA) is 75.1 Å². The summed E-state index contributed by atoms with van der Waals surface area (Å²) in [5, 5.41) is 12.3. The van der Waals surface area contributed by atoms with E-state index in [1.54, 1.807) is 12.4 Å². The molecule has 20 heavy (non-hydrogen) atoms. The van der Waals surface area contributed by atoms with Crippen LogP contribution in [-0.4, -0.2) is 27.6 Å². The molecule has 1 heterocycles. The zero-order chi connectivity index (χ0) is 14.4.